The number of carbonyl (C=O) groups excluding carboxylic acids is 2. The van der Waals surface area contributed by atoms with E-state index in [4.69, 9.17) is 32.7 Å². The number of carbonyl (C=O) groups is 2. The first-order chi connectivity index (χ1) is 25.8. The normalized spacial score (nSPS) is 17.6. The Labute approximate surface area is 325 Å². The molecule has 0 bridgehead atoms. The zero-order chi connectivity index (χ0) is 38.2. The zero-order valence-electron chi connectivity index (χ0n) is 31.0. The Morgan fingerprint density at radius 1 is 0.981 bits per heavy atom. The number of esters is 1. The van der Waals surface area contributed by atoms with Gasteiger partial charge in [-0.2, -0.15) is 0 Å². The number of nitrogens with zero attached hydrogens (tertiary/aromatic N) is 4. The van der Waals surface area contributed by atoms with Crippen LogP contribution in [0.4, 0.5) is 15.9 Å². The van der Waals surface area contributed by atoms with Crippen molar-refractivity contribution in [3.8, 4) is 28.1 Å². The predicted octanol–water partition coefficient (Wildman–Crippen LogP) is 7.88. The first-order valence-corrected chi connectivity index (χ1v) is 19.0. The molecule has 3 aliphatic rings. The standard InChI is InChI=1S/C41H45Cl2FN6O4/c1-40(2,3)54-39(52)25-12-16-49(17-13-25)21-28-10-14-46-38(36(28)44)48-31-7-5-6-29(34(31)42)30-11-15-45-37(35(30)43)26-8-9-27(32(18-26)53-4)20-50-23-41(24-50)19-33(51)47-22-41/h5-11,14-15,18,25H,12-13,16-17,19-24H2,1-4H3,(H,46,48)(H,47,51). The number of piperidine rings is 1. The second-order valence-electron chi connectivity index (χ2n) is 15.7. The molecule has 3 fully saturated rings. The Hall–Kier alpha value is -4.29. The van der Waals surface area contributed by atoms with Crippen molar-refractivity contribution in [1.29, 1.82) is 0 Å². The summed E-state index contributed by atoms with van der Waals surface area (Å²) in [6.45, 7) is 10.5. The lowest BCUT2D eigenvalue weighted by Crippen LogP contribution is -2.56. The van der Waals surface area contributed by atoms with Crippen LogP contribution in [-0.2, 0) is 27.4 Å². The molecule has 1 amide bonds. The maximum atomic E-state index is 15.9. The summed E-state index contributed by atoms with van der Waals surface area (Å²) in [4.78, 5) is 37.7. The first-order valence-electron chi connectivity index (χ1n) is 18.3. The number of rotatable bonds is 10. The van der Waals surface area contributed by atoms with E-state index in [2.05, 4.69) is 30.4 Å². The Morgan fingerprint density at radius 2 is 1.70 bits per heavy atom. The molecule has 0 aliphatic carbocycles. The average Bonchev–Trinajstić information content (AvgIpc) is 3.52. The number of pyridine rings is 2. The van der Waals surface area contributed by atoms with E-state index in [1.54, 1.807) is 37.7 Å². The number of aromatic nitrogens is 2. The minimum absolute atomic E-state index is 0.0510. The van der Waals surface area contributed by atoms with E-state index in [1.807, 2.05) is 51.1 Å². The van der Waals surface area contributed by atoms with Crippen LogP contribution in [0, 0.1) is 17.2 Å². The Kier molecular flexibility index (Phi) is 10.9. The predicted molar refractivity (Wildman–Crippen MR) is 208 cm³/mol. The number of hydrogen-bond acceptors (Lipinski definition) is 9. The highest BCUT2D eigenvalue weighted by Gasteiger charge is 2.48. The second kappa shape index (κ2) is 15.5. The summed E-state index contributed by atoms with van der Waals surface area (Å²) in [5.74, 6) is 0.130. The van der Waals surface area contributed by atoms with Crippen molar-refractivity contribution in [3.63, 3.8) is 0 Å². The van der Waals surface area contributed by atoms with Gasteiger partial charge in [-0.3, -0.25) is 24.4 Å². The molecule has 0 unspecified atom stereocenters. The zero-order valence-corrected chi connectivity index (χ0v) is 32.5. The fraction of sp³-hybridized carbons (Fsp3) is 0.415. The first kappa shape index (κ1) is 38.0. The number of benzene rings is 2. The van der Waals surface area contributed by atoms with Crippen LogP contribution >= 0.6 is 23.2 Å². The highest BCUT2D eigenvalue weighted by atomic mass is 35.5. The molecule has 0 saturated carbocycles. The molecule has 0 radical (unpaired) electrons. The maximum Gasteiger partial charge on any atom is 0.309 e. The Morgan fingerprint density at radius 3 is 2.41 bits per heavy atom. The van der Waals surface area contributed by atoms with Crippen molar-refractivity contribution in [3.05, 3.63) is 87.9 Å². The lowest BCUT2D eigenvalue weighted by molar-refractivity contribution is -0.161. The number of ether oxygens (including phenoxy) is 2. The third-order valence-corrected chi connectivity index (χ3v) is 11.2. The van der Waals surface area contributed by atoms with Gasteiger partial charge in [0.05, 0.1) is 34.5 Å². The molecule has 1 spiro atoms. The molecule has 4 aromatic rings. The summed E-state index contributed by atoms with van der Waals surface area (Å²) in [6.07, 6.45) is 5.17. The van der Waals surface area contributed by atoms with Gasteiger partial charge in [0.1, 0.15) is 11.4 Å². The quantitative estimate of drug-likeness (QED) is 0.156. The molecule has 10 nitrogen and oxygen atoms in total. The fourth-order valence-electron chi connectivity index (χ4n) is 7.72. The van der Waals surface area contributed by atoms with Crippen LogP contribution in [0.25, 0.3) is 22.4 Å². The van der Waals surface area contributed by atoms with Crippen molar-refractivity contribution in [1.82, 2.24) is 25.1 Å². The molecule has 2 aromatic heterocycles. The molecule has 5 heterocycles. The SMILES string of the molecule is COc1cc(-c2nccc(-c3cccc(Nc4nccc(CN5CCC(C(=O)OC(C)(C)C)CC5)c4F)c3Cl)c2Cl)ccc1CN1CC2(CNC(=O)C2)C1. The van der Waals surface area contributed by atoms with Crippen molar-refractivity contribution < 1.29 is 23.5 Å². The molecule has 284 valence electrons. The summed E-state index contributed by atoms with van der Waals surface area (Å²) in [5.41, 5.74) is 4.21. The van der Waals surface area contributed by atoms with Crippen LogP contribution in [-0.4, -0.2) is 77.1 Å². The molecule has 3 saturated heterocycles. The van der Waals surface area contributed by atoms with Gasteiger partial charge in [-0.15, -0.1) is 0 Å². The van der Waals surface area contributed by atoms with Gasteiger partial charge in [0.15, 0.2) is 11.6 Å². The topological polar surface area (TPSA) is 109 Å². The summed E-state index contributed by atoms with van der Waals surface area (Å²) >= 11 is 14.1. The second-order valence-corrected chi connectivity index (χ2v) is 16.4. The summed E-state index contributed by atoms with van der Waals surface area (Å²) in [6, 6.07) is 14.9. The number of hydrogen-bond donors (Lipinski definition) is 2. The van der Waals surface area contributed by atoms with Crippen LogP contribution in [0.3, 0.4) is 0 Å². The molecule has 2 N–H and O–H groups in total. The van der Waals surface area contributed by atoms with Crippen LogP contribution in [0.15, 0.2) is 60.9 Å². The van der Waals surface area contributed by atoms with Crippen LogP contribution < -0.4 is 15.4 Å². The van der Waals surface area contributed by atoms with Gasteiger partial charge in [-0.1, -0.05) is 47.5 Å². The number of nitrogens with one attached hydrogen (secondary N) is 2. The Balaban J connectivity index is 1.04. The van der Waals surface area contributed by atoms with E-state index < -0.39 is 11.4 Å². The minimum Gasteiger partial charge on any atom is -0.496 e. The lowest BCUT2D eigenvalue weighted by Gasteiger charge is -2.47. The number of halogens is 3. The molecular formula is C41H45Cl2FN6O4. The smallest absolute Gasteiger partial charge is 0.309 e. The van der Waals surface area contributed by atoms with E-state index in [0.29, 0.717) is 83.6 Å². The van der Waals surface area contributed by atoms with Crippen molar-refractivity contribution in [2.75, 3.05) is 45.2 Å². The van der Waals surface area contributed by atoms with Gasteiger partial charge in [0.25, 0.3) is 0 Å². The van der Waals surface area contributed by atoms with E-state index in [-0.39, 0.29) is 29.0 Å². The van der Waals surface area contributed by atoms with Gasteiger partial charge in [0, 0.05) is 84.8 Å². The molecule has 54 heavy (non-hydrogen) atoms. The van der Waals surface area contributed by atoms with Gasteiger partial charge in [-0.25, -0.2) is 9.37 Å². The van der Waals surface area contributed by atoms with Crippen molar-refractivity contribution >= 4 is 46.6 Å². The Bertz CT molecular complexity index is 2060. The fourth-order valence-corrected chi connectivity index (χ4v) is 8.31. The molecular weight excluding hydrogens is 730 g/mol. The average molecular weight is 776 g/mol. The van der Waals surface area contributed by atoms with Gasteiger partial charge < -0.3 is 20.1 Å². The van der Waals surface area contributed by atoms with Crippen molar-refractivity contribution in [2.45, 2.75) is 58.7 Å². The monoisotopic (exact) mass is 774 g/mol. The molecule has 3 aliphatic heterocycles. The minimum atomic E-state index is -0.521. The van der Waals surface area contributed by atoms with E-state index in [0.717, 1.165) is 36.5 Å². The molecule has 13 heteroatoms. The largest absolute Gasteiger partial charge is 0.496 e. The van der Waals surface area contributed by atoms with Crippen molar-refractivity contribution in [2.24, 2.45) is 11.3 Å². The van der Waals surface area contributed by atoms with Gasteiger partial charge in [0.2, 0.25) is 5.91 Å². The third-order valence-electron chi connectivity index (χ3n) is 10.4. The summed E-state index contributed by atoms with van der Waals surface area (Å²) in [5, 5.41) is 6.83. The highest BCUT2D eigenvalue weighted by molar-refractivity contribution is 6.39. The number of amides is 1. The van der Waals surface area contributed by atoms with Crippen LogP contribution in [0.5, 0.6) is 5.75 Å². The molecule has 0 atom stereocenters. The summed E-state index contributed by atoms with van der Waals surface area (Å²) in [7, 11) is 1.65. The molecule has 7 rings (SSSR count). The highest BCUT2D eigenvalue weighted by Crippen LogP contribution is 2.43. The van der Waals surface area contributed by atoms with Crippen LogP contribution in [0.2, 0.25) is 10.0 Å². The lowest BCUT2D eigenvalue weighted by atomic mass is 9.79. The third kappa shape index (κ3) is 8.19. The molecule has 2 aromatic carbocycles. The van der Waals surface area contributed by atoms with E-state index >= 15 is 4.39 Å². The number of anilines is 2. The van der Waals surface area contributed by atoms with E-state index in [9.17, 15) is 9.59 Å². The number of likely N-dealkylation sites (tertiary alicyclic amines) is 2. The van der Waals surface area contributed by atoms with Gasteiger partial charge in [-0.05, 0) is 71.0 Å². The number of methoxy groups -OCH3 is 1. The van der Waals surface area contributed by atoms with Gasteiger partial charge >= 0.3 is 5.97 Å². The van der Waals surface area contributed by atoms with Crippen LogP contribution in [0.1, 0.15) is 51.2 Å². The summed E-state index contributed by atoms with van der Waals surface area (Å²) < 4.78 is 27.3. The van der Waals surface area contributed by atoms with E-state index in [1.165, 1.54) is 0 Å². The maximum absolute atomic E-state index is 15.9.